The minimum atomic E-state index is -0.534. The number of hydrogen-bond donors (Lipinski definition) is 2. The Morgan fingerprint density at radius 3 is 2.52 bits per heavy atom. The predicted octanol–water partition coefficient (Wildman–Crippen LogP) is 4.82. The van der Waals surface area contributed by atoms with Gasteiger partial charge in [0.15, 0.2) is 6.61 Å². The highest BCUT2D eigenvalue weighted by Crippen LogP contribution is 2.22. The van der Waals surface area contributed by atoms with E-state index in [0.717, 1.165) is 4.90 Å². The zero-order valence-electron chi connectivity index (χ0n) is 15.6. The summed E-state index contributed by atoms with van der Waals surface area (Å²) in [6.07, 6.45) is 1.95. The molecule has 0 bridgehead atoms. The van der Waals surface area contributed by atoms with Gasteiger partial charge in [-0.25, -0.2) is 4.39 Å². The Balaban J connectivity index is 1.66. The van der Waals surface area contributed by atoms with Crippen LogP contribution >= 0.6 is 11.8 Å². The minimum absolute atomic E-state index is 0.0702. The van der Waals surface area contributed by atoms with Crippen molar-refractivity contribution in [2.24, 2.45) is 0 Å². The van der Waals surface area contributed by atoms with E-state index in [9.17, 15) is 14.0 Å². The second kappa shape index (κ2) is 9.75. The summed E-state index contributed by atoms with van der Waals surface area (Å²) in [5.74, 6) is -1.16. The standard InChI is InChI=1S/C22H19FN2O3S/c1-29-16-8-6-7-15(13-16)24-22(27)17-9-2-5-12-20(17)28-14-21(26)25-19-11-4-3-10-18(19)23/h2-13H,14H2,1H3,(H,24,27)(H,25,26). The largest absolute Gasteiger partial charge is 0.483 e. The molecule has 3 rings (SSSR count). The average Bonchev–Trinajstić information content (AvgIpc) is 2.74. The van der Waals surface area contributed by atoms with Crippen LogP contribution in [0.2, 0.25) is 0 Å². The quantitative estimate of drug-likeness (QED) is 0.548. The number of halogens is 1. The van der Waals surface area contributed by atoms with E-state index in [1.807, 2.05) is 24.5 Å². The van der Waals surface area contributed by atoms with E-state index in [2.05, 4.69) is 10.6 Å². The van der Waals surface area contributed by atoms with Gasteiger partial charge in [-0.05, 0) is 48.7 Å². The molecule has 0 aromatic heterocycles. The van der Waals surface area contributed by atoms with Crippen LogP contribution in [0.3, 0.4) is 0 Å². The van der Waals surface area contributed by atoms with Crippen LogP contribution in [0, 0.1) is 5.82 Å². The van der Waals surface area contributed by atoms with Crippen molar-refractivity contribution in [3.63, 3.8) is 0 Å². The smallest absolute Gasteiger partial charge is 0.262 e. The number of carbonyl (C=O) groups excluding carboxylic acids is 2. The molecule has 3 aromatic carbocycles. The Kier molecular flexibility index (Phi) is 6.86. The van der Waals surface area contributed by atoms with Crippen LogP contribution in [-0.2, 0) is 4.79 Å². The Hall–Kier alpha value is -3.32. The van der Waals surface area contributed by atoms with Gasteiger partial charge in [0.25, 0.3) is 11.8 Å². The Morgan fingerprint density at radius 2 is 1.72 bits per heavy atom. The third-order valence-electron chi connectivity index (χ3n) is 3.97. The van der Waals surface area contributed by atoms with Crippen LogP contribution in [0.15, 0.2) is 77.7 Å². The van der Waals surface area contributed by atoms with E-state index < -0.39 is 11.7 Å². The molecular weight excluding hydrogens is 391 g/mol. The lowest BCUT2D eigenvalue weighted by Gasteiger charge is -2.12. The Bertz CT molecular complexity index is 1030. The molecule has 148 valence electrons. The molecule has 0 fully saturated rings. The van der Waals surface area contributed by atoms with Crippen molar-refractivity contribution in [3.05, 3.63) is 84.2 Å². The minimum Gasteiger partial charge on any atom is -0.483 e. The molecule has 5 nitrogen and oxygen atoms in total. The lowest BCUT2D eigenvalue weighted by molar-refractivity contribution is -0.118. The third-order valence-corrected chi connectivity index (χ3v) is 4.69. The summed E-state index contributed by atoms with van der Waals surface area (Å²) in [5, 5.41) is 5.27. The molecule has 3 aromatic rings. The molecule has 0 heterocycles. The van der Waals surface area contributed by atoms with Gasteiger partial charge in [-0.3, -0.25) is 9.59 Å². The highest BCUT2D eigenvalue weighted by molar-refractivity contribution is 7.98. The molecule has 0 radical (unpaired) electrons. The zero-order chi connectivity index (χ0) is 20.6. The number of thioether (sulfide) groups is 1. The number of hydrogen-bond acceptors (Lipinski definition) is 4. The fourth-order valence-corrected chi connectivity index (χ4v) is 3.03. The van der Waals surface area contributed by atoms with Gasteiger partial charge in [0.1, 0.15) is 11.6 Å². The summed E-state index contributed by atoms with van der Waals surface area (Å²) >= 11 is 1.57. The predicted molar refractivity (Wildman–Crippen MR) is 113 cm³/mol. The van der Waals surface area contributed by atoms with Gasteiger partial charge >= 0.3 is 0 Å². The monoisotopic (exact) mass is 410 g/mol. The lowest BCUT2D eigenvalue weighted by atomic mass is 10.2. The molecular formula is C22H19FN2O3S. The van der Waals surface area contributed by atoms with E-state index in [4.69, 9.17) is 4.74 Å². The van der Waals surface area contributed by atoms with Gasteiger partial charge in [0.2, 0.25) is 0 Å². The Labute approximate surface area is 172 Å². The van der Waals surface area contributed by atoms with E-state index in [0.29, 0.717) is 11.3 Å². The number of rotatable bonds is 7. The molecule has 29 heavy (non-hydrogen) atoms. The maximum absolute atomic E-state index is 13.6. The van der Waals surface area contributed by atoms with Gasteiger partial charge in [0, 0.05) is 10.6 Å². The first-order chi connectivity index (χ1) is 14.1. The van der Waals surface area contributed by atoms with Crippen molar-refractivity contribution in [2.75, 3.05) is 23.5 Å². The van der Waals surface area contributed by atoms with Gasteiger partial charge in [0.05, 0.1) is 11.3 Å². The first-order valence-corrected chi connectivity index (χ1v) is 10.0. The number of para-hydroxylation sites is 2. The first kappa shape index (κ1) is 20.4. The van der Waals surface area contributed by atoms with Crippen LogP contribution in [0.4, 0.5) is 15.8 Å². The maximum Gasteiger partial charge on any atom is 0.262 e. The van der Waals surface area contributed by atoms with E-state index in [1.165, 1.54) is 18.2 Å². The van der Waals surface area contributed by atoms with E-state index >= 15 is 0 Å². The van der Waals surface area contributed by atoms with Crippen molar-refractivity contribution in [3.8, 4) is 5.75 Å². The second-order valence-electron chi connectivity index (χ2n) is 6.00. The van der Waals surface area contributed by atoms with Gasteiger partial charge in [-0.1, -0.05) is 30.3 Å². The van der Waals surface area contributed by atoms with E-state index in [-0.39, 0.29) is 24.0 Å². The van der Waals surface area contributed by atoms with E-state index in [1.54, 1.807) is 48.2 Å². The SMILES string of the molecule is CSc1cccc(NC(=O)c2ccccc2OCC(=O)Nc2ccccc2F)c1. The van der Waals surface area contributed by atoms with Crippen LogP contribution < -0.4 is 15.4 Å². The zero-order valence-corrected chi connectivity index (χ0v) is 16.5. The summed E-state index contributed by atoms with van der Waals surface area (Å²) in [7, 11) is 0. The van der Waals surface area contributed by atoms with Crippen molar-refractivity contribution in [2.45, 2.75) is 4.90 Å². The highest BCUT2D eigenvalue weighted by Gasteiger charge is 2.14. The molecule has 0 unspecified atom stereocenters. The Morgan fingerprint density at radius 1 is 0.966 bits per heavy atom. The fourth-order valence-electron chi connectivity index (χ4n) is 2.57. The summed E-state index contributed by atoms with van der Waals surface area (Å²) in [6.45, 7) is -0.361. The van der Waals surface area contributed by atoms with Crippen molar-refractivity contribution in [1.29, 1.82) is 0 Å². The summed E-state index contributed by atoms with van der Waals surface area (Å²) in [4.78, 5) is 25.8. The number of benzene rings is 3. The number of amides is 2. The number of anilines is 2. The van der Waals surface area contributed by atoms with Gasteiger partial charge in [-0.15, -0.1) is 11.8 Å². The summed E-state index contributed by atoms with van der Waals surface area (Å²) in [5.41, 5.74) is 1.02. The number of ether oxygens (including phenoxy) is 1. The van der Waals surface area contributed by atoms with Crippen LogP contribution in [0.25, 0.3) is 0 Å². The molecule has 7 heteroatoms. The summed E-state index contributed by atoms with van der Waals surface area (Å²) < 4.78 is 19.1. The summed E-state index contributed by atoms with van der Waals surface area (Å²) in [6, 6.07) is 19.9. The van der Waals surface area contributed by atoms with Crippen LogP contribution in [0.5, 0.6) is 5.75 Å². The molecule has 0 saturated heterocycles. The topological polar surface area (TPSA) is 67.4 Å². The third kappa shape index (κ3) is 5.58. The maximum atomic E-state index is 13.6. The van der Waals surface area contributed by atoms with Crippen LogP contribution in [-0.4, -0.2) is 24.7 Å². The highest BCUT2D eigenvalue weighted by atomic mass is 32.2. The number of nitrogens with one attached hydrogen (secondary N) is 2. The molecule has 2 N–H and O–H groups in total. The number of carbonyl (C=O) groups is 2. The van der Waals surface area contributed by atoms with Crippen molar-refractivity contribution in [1.82, 2.24) is 0 Å². The molecule has 0 aliphatic heterocycles. The van der Waals surface area contributed by atoms with Crippen LogP contribution in [0.1, 0.15) is 10.4 Å². The van der Waals surface area contributed by atoms with Gasteiger partial charge < -0.3 is 15.4 Å². The average molecular weight is 410 g/mol. The fraction of sp³-hybridized carbons (Fsp3) is 0.0909. The molecule has 0 spiro atoms. The lowest BCUT2D eigenvalue weighted by Crippen LogP contribution is -2.22. The first-order valence-electron chi connectivity index (χ1n) is 8.78. The van der Waals surface area contributed by atoms with Crippen molar-refractivity contribution < 1.29 is 18.7 Å². The van der Waals surface area contributed by atoms with Gasteiger partial charge in [-0.2, -0.15) is 0 Å². The van der Waals surface area contributed by atoms with Crippen molar-refractivity contribution >= 4 is 35.0 Å². The normalized spacial score (nSPS) is 10.3. The molecule has 2 amide bonds. The second-order valence-corrected chi connectivity index (χ2v) is 6.88. The molecule has 0 aliphatic carbocycles. The molecule has 0 saturated carbocycles. The molecule has 0 atom stereocenters. The molecule has 0 aliphatic rings.